The van der Waals surface area contributed by atoms with Crippen molar-refractivity contribution >= 4 is 5.96 Å². The Bertz CT molecular complexity index is 928. The average molecular weight is 396 g/mol. The van der Waals surface area contributed by atoms with Crippen molar-refractivity contribution in [2.45, 2.75) is 32.5 Å². The van der Waals surface area contributed by atoms with E-state index in [0.29, 0.717) is 25.6 Å². The zero-order valence-electron chi connectivity index (χ0n) is 17.2. The van der Waals surface area contributed by atoms with Gasteiger partial charge in [-0.05, 0) is 31.0 Å². The fraction of sp³-hybridized carbons (Fsp3) is 0.381. The van der Waals surface area contributed by atoms with E-state index in [4.69, 9.17) is 4.99 Å². The van der Waals surface area contributed by atoms with Gasteiger partial charge in [0.25, 0.3) is 0 Å². The van der Waals surface area contributed by atoms with Crippen LogP contribution in [0.1, 0.15) is 30.5 Å². The second kappa shape index (κ2) is 9.38. The SMILES string of the molecule is CCNC(=NCc1ccccc1Cn1cccn1)NCC(C)(O)c1cnn(C)c1. The molecule has 0 aliphatic carbocycles. The van der Waals surface area contributed by atoms with Gasteiger partial charge < -0.3 is 15.7 Å². The number of guanidine groups is 1. The van der Waals surface area contributed by atoms with E-state index in [0.717, 1.165) is 17.7 Å². The Balaban J connectivity index is 1.68. The molecule has 29 heavy (non-hydrogen) atoms. The molecular formula is C21H29N7O. The highest BCUT2D eigenvalue weighted by Crippen LogP contribution is 2.18. The molecule has 0 radical (unpaired) electrons. The maximum absolute atomic E-state index is 10.8. The lowest BCUT2D eigenvalue weighted by molar-refractivity contribution is 0.0616. The Kier molecular flexibility index (Phi) is 6.66. The fourth-order valence-electron chi connectivity index (χ4n) is 3.00. The monoisotopic (exact) mass is 395 g/mol. The van der Waals surface area contributed by atoms with Gasteiger partial charge in [0.15, 0.2) is 5.96 Å². The van der Waals surface area contributed by atoms with Gasteiger partial charge >= 0.3 is 0 Å². The Hall–Kier alpha value is -3.13. The normalized spacial score (nSPS) is 13.9. The first kappa shape index (κ1) is 20.6. The summed E-state index contributed by atoms with van der Waals surface area (Å²) >= 11 is 0. The van der Waals surface area contributed by atoms with Crippen LogP contribution in [-0.4, -0.2) is 43.7 Å². The highest BCUT2D eigenvalue weighted by atomic mass is 16.3. The van der Waals surface area contributed by atoms with Crippen LogP contribution in [0.25, 0.3) is 0 Å². The highest BCUT2D eigenvalue weighted by Gasteiger charge is 2.25. The first-order chi connectivity index (χ1) is 14.0. The number of hydrogen-bond acceptors (Lipinski definition) is 4. The molecule has 3 rings (SSSR count). The molecule has 2 aromatic heterocycles. The second-order valence-electron chi connectivity index (χ2n) is 7.20. The predicted molar refractivity (Wildman–Crippen MR) is 113 cm³/mol. The summed E-state index contributed by atoms with van der Waals surface area (Å²) in [6.45, 7) is 6.07. The molecular weight excluding hydrogens is 366 g/mol. The molecule has 3 N–H and O–H groups in total. The number of nitrogens with zero attached hydrogens (tertiary/aromatic N) is 5. The summed E-state index contributed by atoms with van der Waals surface area (Å²) in [5.74, 6) is 0.658. The third-order valence-electron chi connectivity index (χ3n) is 4.69. The molecule has 154 valence electrons. The van der Waals surface area contributed by atoms with Crippen molar-refractivity contribution in [3.63, 3.8) is 0 Å². The van der Waals surface area contributed by atoms with E-state index >= 15 is 0 Å². The maximum atomic E-state index is 10.8. The van der Waals surface area contributed by atoms with Crippen molar-refractivity contribution in [2.24, 2.45) is 12.0 Å². The molecule has 1 unspecified atom stereocenters. The summed E-state index contributed by atoms with van der Waals surface area (Å²) in [5.41, 5.74) is 2.02. The average Bonchev–Trinajstić information content (AvgIpc) is 3.37. The van der Waals surface area contributed by atoms with Gasteiger partial charge in [-0.15, -0.1) is 0 Å². The van der Waals surface area contributed by atoms with E-state index in [2.05, 4.69) is 33.0 Å². The molecule has 0 fully saturated rings. The van der Waals surface area contributed by atoms with E-state index < -0.39 is 5.60 Å². The molecule has 0 aliphatic rings. The highest BCUT2D eigenvalue weighted by molar-refractivity contribution is 5.79. The molecule has 0 saturated carbocycles. The number of hydrogen-bond donors (Lipinski definition) is 3. The third-order valence-corrected chi connectivity index (χ3v) is 4.69. The van der Waals surface area contributed by atoms with Crippen LogP contribution in [0.4, 0.5) is 0 Å². The summed E-state index contributed by atoms with van der Waals surface area (Å²) in [7, 11) is 1.83. The molecule has 1 atom stereocenters. The van der Waals surface area contributed by atoms with Crippen LogP contribution in [-0.2, 0) is 25.7 Å². The largest absolute Gasteiger partial charge is 0.383 e. The van der Waals surface area contributed by atoms with Gasteiger partial charge in [0.2, 0.25) is 0 Å². The van der Waals surface area contributed by atoms with Crippen LogP contribution < -0.4 is 10.6 Å². The number of aliphatic imine (C=N–C) groups is 1. The first-order valence-corrected chi connectivity index (χ1v) is 9.76. The number of benzene rings is 1. The van der Waals surface area contributed by atoms with Crippen LogP contribution in [0.3, 0.4) is 0 Å². The van der Waals surface area contributed by atoms with Gasteiger partial charge in [-0.1, -0.05) is 24.3 Å². The summed E-state index contributed by atoms with van der Waals surface area (Å²) in [5, 5.41) is 25.7. The molecule has 8 nitrogen and oxygen atoms in total. The van der Waals surface area contributed by atoms with E-state index in [1.54, 1.807) is 24.0 Å². The van der Waals surface area contributed by atoms with Crippen molar-refractivity contribution in [1.82, 2.24) is 30.2 Å². The smallest absolute Gasteiger partial charge is 0.191 e. The molecule has 0 aliphatic heterocycles. The Morgan fingerprint density at radius 2 is 1.97 bits per heavy atom. The van der Waals surface area contributed by atoms with Crippen molar-refractivity contribution in [3.8, 4) is 0 Å². The standard InChI is InChI=1S/C21H29N7O/c1-4-22-20(24-16-21(2,29)19-13-26-27(3)15-19)23-12-17-8-5-6-9-18(17)14-28-11-7-10-25-28/h5-11,13,15,29H,4,12,14,16H2,1-3H3,(H2,22,23,24). The minimum atomic E-state index is -1.05. The van der Waals surface area contributed by atoms with Crippen LogP contribution in [0, 0.1) is 0 Å². The Labute approximate surface area is 171 Å². The topological polar surface area (TPSA) is 92.3 Å². The zero-order valence-corrected chi connectivity index (χ0v) is 17.2. The predicted octanol–water partition coefficient (Wildman–Crippen LogP) is 1.63. The van der Waals surface area contributed by atoms with Crippen LogP contribution >= 0.6 is 0 Å². The van der Waals surface area contributed by atoms with Gasteiger partial charge in [0.05, 0.1) is 25.8 Å². The first-order valence-electron chi connectivity index (χ1n) is 9.76. The van der Waals surface area contributed by atoms with Crippen molar-refractivity contribution in [2.75, 3.05) is 13.1 Å². The second-order valence-corrected chi connectivity index (χ2v) is 7.20. The number of aliphatic hydroxyl groups is 1. The van der Waals surface area contributed by atoms with Gasteiger partial charge in [0, 0.05) is 37.7 Å². The number of nitrogens with one attached hydrogen (secondary N) is 2. The summed E-state index contributed by atoms with van der Waals surface area (Å²) in [4.78, 5) is 4.71. The minimum absolute atomic E-state index is 0.319. The molecule has 1 aromatic carbocycles. The molecule has 0 spiro atoms. The van der Waals surface area contributed by atoms with Gasteiger partial charge in [-0.25, -0.2) is 4.99 Å². The minimum Gasteiger partial charge on any atom is -0.383 e. The molecule has 0 bridgehead atoms. The van der Waals surface area contributed by atoms with Crippen molar-refractivity contribution in [3.05, 3.63) is 71.8 Å². The quantitative estimate of drug-likeness (QED) is 0.398. The van der Waals surface area contributed by atoms with E-state index in [1.165, 1.54) is 5.56 Å². The molecule has 0 saturated heterocycles. The lowest BCUT2D eigenvalue weighted by Gasteiger charge is -2.23. The van der Waals surface area contributed by atoms with E-state index in [1.807, 2.05) is 49.2 Å². The van der Waals surface area contributed by atoms with E-state index in [9.17, 15) is 5.11 Å². The van der Waals surface area contributed by atoms with Crippen molar-refractivity contribution in [1.29, 1.82) is 0 Å². The summed E-state index contributed by atoms with van der Waals surface area (Å²) < 4.78 is 3.58. The van der Waals surface area contributed by atoms with E-state index in [-0.39, 0.29) is 0 Å². The lowest BCUT2D eigenvalue weighted by Crippen LogP contribution is -2.44. The fourth-order valence-corrected chi connectivity index (χ4v) is 3.00. The van der Waals surface area contributed by atoms with Crippen LogP contribution in [0.2, 0.25) is 0 Å². The number of rotatable bonds is 8. The Morgan fingerprint density at radius 3 is 2.62 bits per heavy atom. The lowest BCUT2D eigenvalue weighted by atomic mass is 10.00. The number of aryl methyl sites for hydroxylation is 1. The van der Waals surface area contributed by atoms with Crippen LogP contribution in [0.15, 0.2) is 60.1 Å². The third kappa shape index (κ3) is 5.68. The summed E-state index contributed by atoms with van der Waals surface area (Å²) in [6, 6.07) is 10.1. The number of aromatic nitrogens is 4. The van der Waals surface area contributed by atoms with Gasteiger partial charge in [-0.2, -0.15) is 10.2 Å². The molecule has 2 heterocycles. The summed E-state index contributed by atoms with van der Waals surface area (Å²) in [6.07, 6.45) is 7.23. The van der Waals surface area contributed by atoms with Crippen LogP contribution in [0.5, 0.6) is 0 Å². The zero-order chi connectivity index (χ0) is 20.7. The van der Waals surface area contributed by atoms with Crippen molar-refractivity contribution < 1.29 is 5.11 Å². The van der Waals surface area contributed by atoms with Gasteiger partial charge in [-0.3, -0.25) is 9.36 Å². The molecule has 3 aromatic rings. The molecule has 0 amide bonds. The Morgan fingerprint density at radius 1 is 1.17 bits per heavy atom. The maximum Gasteiger partial charge on any atom is 0.191 e. The molecule has 8 heteroatoms. The van der Waals surface area contributed by atoms with Gasteiger partial charge in [0.1, 0.15) is 5.60 Å².